The summed E-state index contributed by atoms with van der Waals surface area (Å²) < 4.78 is 37.8. The molecule has 0 fully saturated rings. The van der Waals surface area contributed by atoms with Gasteiger partial charge in [-0.2, -0.15) is 0 Å². The molecule has 1 nitrogen and oxygen atoms in total. The summed E-state index contributed by atoms with van der Waals surface area (Å²) in [5.74, 6) is -0.411. The average Bonchev–Trinajstić information content (AvgIpc) is 3.44. The Morgan fingerprint density at radius 2 is 0.837 bits per heavy atom. The van der Waals surface area contributed by atoms with Crippen molar-refractivity contribution in [2.75, 3.05) is 0 Å². The lowest BCUT2D eigenvalue weighted by Crippen LogP contribution is -1.91. The highest BCUT2D eigenvalue weighted by atomic mass is 19.1. The van der Waals surface area contributed by atoms with Crippen LogP contribution in [0.5, 0.6) is 0 Å². The van der Waals surface area contributed by atoms with Gasteiger partial charge in [0.05, 0.1) is 0 Å². The number of furan rings is 1. The Labute approximate surface area is 245 Å². The molecule has 0 aliphatic heterocycles. The Morgan fingerprint density at radius 1 is 0.372 bits per heavy atom. The Morgan fingerprint density at radius 3 is 1.35 bits per heavy atom. The second-order valence-electron chi connectivity index (χ2n) is 11.1. The van der Waals surface area contributed by atoms with E-state index in [2.05, 4.69) is 24.3 Å². The highest BCUT2D eigenvalue weighted by molar-refractivity contribution is 6.22. The Kier molecular flexibility index (Phi) is 5.03. The molecule has 1 heterocycles. The van der Waals surface area contributed by atoms with Crippen molar-refractivity contribution in [3.63, 3.8) is 0 Å². The van der Waals surface area contributed by atoms with Gasteiger partial charge in [0, 0.05) is 32.3 Å². The van der Waals surface area contributed by atoms with Crippen LogP contribution in [-0.2, 0) is 0 Å². The first kappa shape index (κ1) is 24.1. The minimum absolute atomic E-state index is 0.205. The van der Waals surface area contributed by atoms with Crippen LogP contribution in [0.25, 0.3) is 87.3 Å². The van der Waals surface area contributed by atoms with Gasteiger partial charge in [-0.15, -0.1) is 0 Å². The minimum atomic E-state index is -0.206. The lowest BCUT2D eigenvalue weighted by Gasteiger charge is -2.14. The number of rotatable bonds is 2. The molecular formula is C40H22F2O. The summed E-state index contributed by atoms with van der Waals surface area (Å²) in [4.78, 5) is 0. The molecule has 9 aromatic rings. The van der Waals surface area contributed by atoms with Crippen molar-refractivity contribution in [2.24, 2.45) is 0 Å². The first-order valence-corrected chi connectivity index (χ1v) is 14.3. The Balaban J connectivity index is 1.36. The van der Waals surface area contributed by atoms with Crippen molar-refractivity contribution in [3.8, 4) is 22.3 Å². The molecule has 0 bridgehead atoms. The largest absolute Gasteiger partial charge is 0.456 e. The SMILES string of the molecule is Fc1c2ccccc2c(-c2ccc3c(c2)oc2cccc(-c4c5ccccc5c(F)c5ccccc45)c23)c2ccccc12. The van der Waals surface area contributed by atoms with E-state index in [1.54, 1.807) is 0 Å². The zero-order chi connectivity index (χ0) is 28.7. The lowest BCUT2D eigenvalue weighted by molar-refractivity contribution is 0.651. The molecule has 0 saturated heterocycles. The van der Waals surface area contributed by atoms with Crippen LogP contribution in [0.15, 0.2) is 138 Å². The van der Waals surface area contributed by atoms with Crippen LogP contribution in [0.1, 0.15) is 0 Å². The van der Waals surface area contributed by atoms with Crippen molar-refractivity contribution < 1.29 is 13.2 Å². The number of halogens is 2. The molecule has 0 spiro atoms. The van der Waals surface area contributed by atoms with E-state index in [-0.39, 0.29) is 11.6 Å². The van der Waals surface area contributed by atoms with Gasteiger partial charge in [-0.25, -0.2) is 8.78 Å². The van der Waals surface area contributed by atoms with Gasteiger partial charge in [-0.05, 0) is 62.0 Å². The number of hydrogen-bond donors (Lipinski definition) is 0. The number of benzene rings is 8. The predicted octanol–water partition coefficient (Wildman–Crippen LogP) is 11.8. The van der Waals surface area contributed by atoms with Gasteiger partial charge in [-0.1, -0.05) is 115 Å². The van der Waals surface area contributed by atoms with Gasteiger partial charge in [-0.3, -0.25) is 0 Å². The molecule has 0 saturated carbocycles. The van der Waals surface area contributed by atoms with Gasteiger partial charge < -0.3 is 4.42 Å². The molecule has 9 rings (SSSR count). The maximum Gasteiger partial charge on any atom is 0.138 e. The normalized spacial score (nSPS) is 12.0. The van der Waals surface area contributed by atoms with Crippen molar-refractivity contribution in [3.05, 3.63) is 145 Å². The third-order valence-electron chi connectivity index (χ3n) is 8.79. The molecule has 0 N–H and O–H groups in total. The van der Waals surface area contributed by atoms with Crippen LogP contribution in [-0.4, -0.2) is 0 Å². The molecule has 0 amide bonds. The molecule has 0 atom stereocenters. The van der Waals surface area contributed by atoms with Crippen LogP contribution in [0, 0.1) is 11.6 Å². The minimum Gasteiger partial charge on any atom is -0.456 e. The van der Waals surface area contributed by atoms with Gasteiger partial charge in [0.1, 0.15) is 22.8 Å². The summed E-state index contributed by atoms with van der Waals surface area (Å²) in [6.45, 7) is 0. The molecule has 0 unspecified atom stereocenters. The van der Waals surface area contributed by atoms with Crippen LogP contribution in [0.4, 0.5) is 8.78 Å². The topological polar surface area (TPSA) is 13.1 Å². The Bertz CT molecular complexity index is 2480. The van der Waals surface area contributed by atoms with Crippen LogP contribution >= 0.6 is 0 Å². The molecule has 1 aromatic heterocycles. The maximum atomic E-state index is 15.7. The van der Waals surface area contributed by atoms with E-state index in [0.29, 0.717) is 21.5 Å². The third-order valence-corrected chi connectivity index (χ3v) is 8.79. The first-order valence-electron chi connectivity index (χ1n) is 14.3. The molecule has 0 aliphatic rings. The Hall–Kier alpha value is -5.54. The van der Waals surface area contributed by atoms with Crippen LogP contribution < -0.4 is 0 Å². The zero-order valence-corrected chi connectivity index (χ0v) is 22.9. The fourth-order valence-electron chi connectivity index (χ4n) is 6.94. The molecule has 0 aliphatic carbocycles. The predicted molar refractivity (Wildman–Crippen MR) is 175 cm³/mol. The van der Waals surface area contributed by atoms with Gasteiger partial charge in [0.25, 0.3) is 0 Å². The van der Waals surface area contributed by atoms with E-state index in [0.717, 1.165) is 65.7 Å². The molecule has 43 heavy (non-hydrogen) atoms. The van der Waals surface area contributed by atoms with Crippen LogP contribution in [0.3, 0.4) is 0 Å². The quantitative estimate of drug-likeness (QED) is 0.193. The van der Waals surface area contributed by atoms with E-state index in [1.165, 1.54) is 0 Å². The smallest absolute Gasteiger partial charge is 0.138 e. The first-order chi connectivity index (χ1) is 21.2. The molecule has 202 valence electrons. The number of fused-ring (bicyclic) bond motifs is 7. The fraction of sp³-hybridized carbons (Fsp3) is 0. The highest BCUT2D eigenvalue weighted by Crippen LogP contribution is 2.45. The monoisotopic (exact) mass is 556 g/mol. The molecule has 0 radical (unpaired) electrons. The van der Waals surface area contributed by atoms with Crippen molar-refractivity contribution in [2.45, 2.75) is 0 Å². The summed E-state index contributed by atoms with van der Waals surface area (Å²) in [5, 5.41) is 7.79. The van der Waals surface area contributed by atoms with E-state index in [9.17, 15) is 0 Å². The van der Waals surface area contributed by atoms with E-state index < -0.39 is 0 Å². The standard InChI is InChI=1S/C40H22F2O/c41-39-28-14-5-1-10-24(28)36(25-11-2-6-15-29(25)39)23-20-21-32-35(22-23)43-34-19-9-18-33(38(32)34)37-26-12-3-7-16-30(26)40(42)31-17-8-4-13-27(31)37/h1-22H. The van der Waals surface area contributed by atoms with E-state index >= 15 is 8.78 Å². The lowest BCUT2D eigenvalue weighted by atomic mass is 9.89. The zero-order valence-electron chi connectivity index (χ0n) is 22.9. The molecule has 3 heteroatoms. The van der Waals surface area contributed by atoms with E-state index in [4.69, 9.17) is 4.42 Å². The second-order valence-corrected chi connectivity index (χ2v) is 11.1. The van der Waals surface area contributed by atoms with Gasteiger partial charge in [0.15, 0.2) is 0 Å². The highest BCUT2D eigenvalue weighted by Gasteiger charge is 2.21. The van der Waals surface area contributed by atoms with Gasteiger partial charge in [0.2, 0.25) is 0 Å². The maximum absolute atomic E-state index is 15.7. The summed E-state index contributed by atoms with van der Waals surface area (Å²) in [6, 6.07) is 42.9. The number of hydrogen-bond acceptors (Lipinski definition) is 1. The van der Waals surface area contributed by atoms with Crippen LogP contribution in [0.2, 0.25) is 0 Å². The van der Waals surface area contributed by atoms with Gasteiger partial charge >= 0.3 is 0 Å². The second kappa shape index (κ2) is 8.98. The molecule has 8 aromatic carbocycles. The van der Waals surface area contributed by atoms with Crippen molar-refractivity contribution in [1.29, 1.82) is 0 Å². The average molecular weight is 557 g/mol. The summed E-state index contributed by atoms with van der Waals surface area (Å²) in [7, 11) is 0. The van der Waals surface area contributed by atoms with Crippen molar-refractivity contribution >= 4 is 65.0 Å². The summed E-state index contributed by atoms with van der Waals surface area (Å²) in [5.41, 5.74) is 5.42. The molecular weight excluding hydrogens is 534 g/mol. The fourth-order valence-corrected chi connectivity index (χ4v) is 6.94. The van der Waals surface area contributed by atoms with E-state index in [1.807, 2.05) is 109 Å². The third kappa shape index (κ3) is 3.36. The van der Waals surface area contributed by atoms with Crippen molar-refractivity contribution in [1.82, 2.24) is 0 Å². The summed E-state index contributed by atoms with van der Waals surface area (Å²) >= 11 is 0. The summed E-state index contributed by atoms with van der Waals surface area (Å²) in [6.07, 6.45) is 0.